The van der Waals surface area contributed by atoms with Crippen LogP contribution in [0.1, 0.15) is 52.7 Å². The van der Waals surface area contributed by atoms with Crippen LogP contribution in [-0.2, 0) is 11.0 Å². The number of halogens is 5. The van der Waals surface area contributed by atoms with Crippen molar-refractivity contribution in [2.24, 2.45) is 5.92 Å². The van der Waals surface area contributed by atoms with Gasteiger partial charge in [0.25, 0.3) is 11.4 Å². The lowest BCUT2D eigenvalue weighted by Gasteiger charge is -2.16. The number of rotatable bonds is 6. The van der Waals surface area contributed by atoms with Crippen molar-refractivity contribution >= 4 is 11.9 Å². The molecule has 2 aromatic heterocycles. The van der Waals surface area contributed by atoms with Crippen LogP contribution in [0.5, 0.6) is 0 Å². The number of pyridine rings is 1. The Hall–Kier alpha value is -2.99. The molecule has 0 aliphatic carbocycles. The highest BCUT2D eigenvalue weighted by Crippen LogP contribution is 2.27. The summed E-state index contributed by atoms with van der Waals surface area (Å²) in [5, 5.41) is 9.71. The minimum Gasteiger partial charge on any atom is -0.403 e. The number of anilines is 1. The molecule has 0 radical (unpaired) electrons. The van der Waals surface area contributed by atoms with Crippen molar-refractivity contribution in [3.05, 3.63) is 28.2 Å². The van der Waals surface area contributed by atoms with E-state index in [4.69, 9.17) is 4.42 Å². The lowest BCUT2D eigenvalue weighted by atomic mass is 10.1. The first-order valence-electron chi connectivity index (χ1n) is 11.0. The largest absolute Gasteiger partial charge is 0.431 e. The van der Waals surface area contributed by atoms with Crippen molar-refractivity contribution in [3.63, 3.8) is 0 Å². The van der Waals surface area contributed by atoms with E-state index in [-0.39, 0.29) is 48.8 Å². The van der Waals surface area contributed by atoms with Gasteiger partial charge in [-0.25, -0.2) is 8.78 Å². The van der Waals surface area contributed by atoms with Crippen molar-refractivity contribution in [2.45, 2.75) is 59.6 Å². The van der Waals surface area contributed by atoms with Gasteiger partial charge in [0, 0.05) is 19.5 Å². The van der Waals surface area contributed by atoms with E-state index in [1.165, 1.54) is 11.3 Å². The Labute approximate surface area is 193 Å². The number of amides is 1. The van der Waals surface area contributed by atoms with Crippen molar-refractivity contribution in [1.82, 2.24) is 20.1 Å². The molecule has 1 fully saturated rings. The summed E-state index contributed by atoms with van der Waals surface area (Å²) in [6, 6.07) is 1.36. The molecule has 0 saturated carbocycles. The van der Waals surface area contributed by atoms with Gasteiger partial charge in [0.15, 0.2) is 0 Å². The fourth-order valence-corrected chi connectivity index (χ4v) is 2.98. The number of aromatic nitrogens is 3. The van der Waals surface area contributed by atoms with E-state index < -0.39 is 23.9 Å². The first-order valence-corrected chi connectivity index (χ1v) is 11.0. The van der Waals surface area contributed by atoms with Gasteiger partial charge in [-0.3, -0.25) is 9.59 Å². The van der Waals surface area contributed by atoms with E-state index in [1.807, 2.05) is 13.8 Å². The van der Waals surface area contributed by atoms with Crippen LogP contribution in [0.4, 0.5) is 28.0 Å². The van der Waals surface area contributed by atoms with Crippen LogP contribution in [0.2, 0.25) is 0 Å². The molecule has 1 aliphatic heterocycles. The van der Waals surface area contributed by atoms with Crippen molar-refractivity contribution < 1.29 is 31.2 Å². The maximum Gasteiger partial charge on any atom is 0.431 e. The van der Waals surface area contributed by atoms with E-state index in [9.17, 15) is 31.5 Å². The molecule has 1 atom stereocenters. The third kappa shape index (κ3) is 8.75. The summed E-state index contributed by atoms with van der Waals surface area (Å²) in [7, 11) is 0. The molecule has 0 bridgehead atoms. The average Bonchev–Trinajstić information content (AvgIpc) is 3.43. The molecule has 1 unspecified atom stereocenters. The molecule has 34 heavy (non-hydrogen) atoms. The number of nitrogens with zero attached hydrogens (tertiary/aromatic N) is 3. The molecule has 2 aromatic rings. The van der Waals surface area contributed by atoms with E-state index in [2.05, 4.69) is 29.4 Å². The number of hydrogen-bond acceptors (Lipinski definition) is 6. The van der Waals surface area contributed by atoms with Crippen LogP contribution in [-0.4, -0.2) is 52.0 Å². The summed E-state index contributed by atoms with van der Waals surface area (Å²) < 4.78 is 67.8. The van der Waals surface area contributed by atoms with E-state index >= 15 is 0 Å². The summed E-state index contributed by atoms with van der Waals surface area (Å²) in [5.41, 5.74) is -2.54. The molecule has 0 aromatic carbocycles. The van der Waals surface area contributed by atoms with Gasteiger partial charge in [0.1, 0.15) is 11.3 Å². The predicted octanol–water partition coefficient (Wildman–Crippen LogP) is 4.80. The highest BCUT2D eigenvalue weighted by atomic mass is 19.4. The van der Waals surface area contributed by atoms with Crippen LogP contribution < -0.4 is 10.9 Å². The Morgan fingerprint density at radius 2 is 1.91 bits per heavy atom. The van der Waals surface area contributed by atoms with Crippen LogP contribution >= 0.6 is 0 Å². The predicted molar refractivity (Wildman–Crippen MR) is 116 cm³/mol. The molecule has 3 heterocycles. The van der Waals surface area contributed by atoms with Crippen molar-refractivity contribution in [3.8, 4) is 11.5 Å². The minimum absolute atomic E-state index is 0.212. The molecule has 192 valence electrons. The maximum atomic E-state index is 12.6. The quantitative estimate of drug-likeness (QED) is 0.558. The minimum atomic E-state index is -4.70. The average molecular weight is 495 g/mol. The highest BCUT2D eigenvalue weighted by Gasteiger charge is 2.32. The lowest BCUT2D eigenvalue weighted by molar-refractivity contribution is -0.141. The lowest BCUT2D eigenvalue weighted by Crippen LogP contribution is -2.34. The number of carbonyl (C=O) groups excluding carboxylic acids is 1. The van der Waals surface area contributed by atoms with Crippen molar-refractivity contribution in [1.29, 1.82) is 0 Å². The third-order valence-electron chi connectivity index (χ3n) is 4.41. The summed E-state index contributed by atoms with van der Waals surface area (Å²) >= 11 is 0. The molecule has 8 nitrogen and oxygen atoms in total. The fraction of sp³-hybridized carbons (Fsp3) is 0.619. The van der Waals surface area contributed by atoms with Gasteiger partial charge in [-0.15, -0.1) is 5.10 Å². The smallest absolute Gasteiger partial charge is 0.403 e. The van der Waals surface area contributed by atoms with E-state index in [1.54, 1.807) is 4.98 Å². The molecule has 2 N–H and O–H groups in total. The van der Waals surface area contributed by atoms with Crippen LogP contribution in [0.15, 0.2) is 21.3 Å². The molecule has 3 rings (SSSR count). The van der Waals surface area contributed by atoms with Gasteiger partial charge in [-0.2, -0.15) is 13.2 Å². The van der Waals surface area contributed by atoms with E-state index in [0.717, 1.165) is 6.07 Å². The first kappa shape index (κ1) is 29.0. The number of H-pyrrole nitrogens is 1. The van der Waals surface area contributed by atoms with Gasteiger partial charge in [-0.05, 0) is 24.5 Å². The third-order valence-corrected chi connectivity index (χ3v) is 4.41. The molecule has 1 aliphatic rings. The molecular formula is C21H30F5N5O3. The van der Waals surface area contributed by atoms with Crippen molar-refractivity contribution in [2.75, 3.05) is 25.0 Å². The zero-order chi connectivity index (χ0) is 25.9. The molecule has 1 saturated heterocycles. The first-order chi connectivity index (χ1) is 16.0. The summed E-state index contributed by atoms with van der Waals surface area (Å²) in [5.74, 6) is -0.928. The van der Waals surface area contributed by atoms with Crippen LogP contribution in [0.25, 0.3) is 11.5 Å². The fourth-order valence-electron chi connectivity index (χ4n) is 2.98. The highest BCUT2D eigenvalue weighted by molar-refractivity contribution is 5.80. The van der Waals surface area contributed by atoms with Gasteiger partial charge >= 0.3 is 12.2 Å². The second-order valence-electron chi connectivity index (χ2n) is 7.21. The van der Waals surface area contributed by atoms with Gasteiger partial charge in [-0.1, -0.05) is 39.2 Å². The van der Waals surface area contributed by atoms with Crippen LogP contribution in [0.3, 0.4) is 0 Å². The molecule has 0 spiro atoms. The Balaban J connectivity index is 0.00000107. The SMILES string of the molecule is CC.CCC.O=C(CNc1nnc(-c2ccc(C(F)(F)F)[nH]c2=O)o1)N1CCC(CC(F)F)C1. The molecule has 13 heteroatoms. The topological polar surface area (TPSA) is 104 Å². The number of aromatic amines is 1. The standard InChI is InChI=1S/C16H16F5N5O3.C3H8.C2H6/c17-11(18)5-8-3-4-26(7-8)12(27)6-22-15-25-24-14(29-15)9-1-2-10(16(19,20)21)23-13(9)28;1-3-2;1-2/h1-2,8,11H,3-7H2,(H,22,25)(H,23,28);3H2,1-2H3;1-2H3. The second-order valence-corrected chi connectivity index (χ2v) is 7.21. The Kier molecular flexibility index (Phi) is 11.7. The maximum absolute atomic E-state index is 12.6. The van der Waals surface area contributed by atoms with Gasteiger partial charge in [0.2, 0.25) is 12.3 Å². The summed E-state index contributed by atoms with van der Waals surface area (Å²) in [4.78, 5) is 27.1. The van der Waals surface area contributed by atoms with Gasteiger partial charge < -0.3 is 19.6 Å². The summed E-state index contributed by atoms with van der Waals surface area (Å²) in [6.45, 7) is 8.61. The van der Waals surface area contributed by atoms with Crippen LogP contribution in [0, 0.1) is 5.92 Å². The van der Waals surface area contributed by atoms with Gasteiger partial charge in [0.05, 0.1) is 6.54 Å². The number of alkyl halides is 5. The second kappa shape index (κ2) is 13.7. The Morgan fingerprint density at radius 3 is 2.47 bits per heavy atom. The Morgan fingerprint density at radius 1 is 1.26 bits per heavy atom. The van der Waals surface area contributed by atoms with E-state index in [0.29, 0.717) is 19.0 Å². The number of nitrogens with one attached hydrogen (secondary N) is 2. The number of carbonyl (C=O) groups is 1. The Bertz CT molecular complexity index is 945. The molecular weight excluding hydrogens is 465 g/mol. The number of hydrogen-bond donors (Lipinski definition) is 2. The number of likely N-dealkylation sites (tertiary alicyclic amines) is 1. The zero-order valence-electron chi connectivity index (χ0n) is 19.5. The summed E-state index contributed by atoms with van der Waals surface area (Å²) in [6.07, 6.45) is -5.63. The molecule has 1 amide bonds. The zero-order valence-corrected chi connectivity index (χ0v) is 19.5. The normalized spacial score (nSPS) is 15.4. The monoisotopic (exact) mass is 495 g/mol.